The quantitative estimate of drug-likeness (QED) is 0.415. The molecule has 2 N–H and O–H groups in total. The number of hydrogen-bond acceptors (Lipinski definition) is 1. The van der Waals surface area contributed by atoms with E-state index in [9.17, 15) is 4.39 Å². The van der Waals surface area contributed by atoms with Gasteiger partial charge in [-0.25, -0.2) is 4.39 Å². The fourth-order valence-corrected chi connectivity index (χ4v) is 4.24. The van der Waals surface area contributed by atoms with Crippen molar-refractivity contribution >= 4 is 5.69 Å². The maximum atomic E-state index is 12.5. The van der Waals surface area contributed by atoms with Gasteiger partial charge in [0.2, 0.25) is 0 Å². The maximum Gasteiger partial charge on any atom is 0.128 e. The number of benzene rings is 1. The summed E-state index contributed by atoms with van der Waals surface area (Å²) in [5.74, 6) is 3.78. The second-order valence-corrected chi connectivity index (χ2v) is 9.65. The molecule has 1 aliphatic rings. The average molecular weight is 422 g/mol. The van der Waals surface area contributed by atoms with Crippen LogP contribution in [-0.4, -0.2) is 0 Å². The minimum atomic E-state index is -0.241. The summed E-state index contributed by atoms with van der Waals surface area (Å²) >= 11 is 0. The van der Waals surface area contributed by atoms with Gasteiger partial charge in [0.25, 0.3) is 0 Å². The highest BCUT2D eigenvalue weighted by Gasteiger charge is 2.16. The van der Waals surface area contributed by atoms with Crippen molar-refractivity contribution in [2.75, 3.05) is 5.73 Å². The molecule has 1 saturated carbocycles. The van der Waals surface area contributed by atoms with Gasteiger partial charge >= 0.3 is 0 Å². The smallest absolute Gasteiger partial charge is 0.128 e. The largest absolute Gasteiger partial charge is 0.398 e. The summed E-state index contributed by atoms with van der Waals surface area (Å²) < 4.78 is 12.5. The van der Waals surface area contributed by atoms with Gasteiger partial charge in [0.1, 0.15) is 5.82 Å². The molecule has 0 spiro atoms. The van der Waals surface area contributed by atoms with Crippen molar-refractivity contribution in [2.45, 2.75) is 119 Å². The van der Waals surface area contributed by atoms with Crippen molar-refractivity contribution in [3.63, 3.8) is 0 Å². The molecule has 0 radical (unpaired) electrons. The zero-order chi connectivity index (χ0) is 22.9. The van der Waals surface area contributed by atoms with E-state index in [4.69, 9.17) is 5.73 Å². The van der Waals surface area contributed by atoms with Crippen LogP contribution in [0.2, 0.25) is 0 Å². The van der Waals surface area contributed by atoms with Crippen molar-refractivity contribution < 1.29 is 4.39 Å². The number of anilines is 1. The first-order chi connectivity index (χ1) is 14.3. The van der Waals surface area contributed by atoms with Gasteiger partial charge in [-0.1, -0.05) is 112 Å². The lowest BCUT2D eigenvalue weighted by molar-refractivity contribution is 0.276. The fraction of sp³-hybridized carbons (Fsp3) is 0.786. The van der Waals surface area contributed by atoms with Crippen molar-refractivity contribution in [2.24, 2.45) is 23.7 Å². The van der Waals surface area contributed by atoms with Crippen molar-refractivity contribution in [1.82, 2.24) is 0 Å². The third-order valence-corrected chi connectivity index (χ3v) is 6.97. The first kappa shape index (κ1) is 28.9. The highest BCUT2D eigenvalue weighted by atomic mass is 19.1. The number of hydrogen-bond donors (Lipinski definition) is 1. The van der Waals surface area contributed by atoms with Gasteiger partial charge in [-0.15, -0.1) is 0 Å². The highest BCUT2D eigenvalue weighted by Crippen LogP contribution is 2.30. The van der Waals surface area contributed by atoms with Crippen molar-refractivity contribution in [3.05, 3.63) is 29.6 Å². The molecule has 0 saturated heterocycles. The van der Waals surface area contributed by atoms with Crippen LogP contribution in [0, 0.1) is 36.4 Å². The predicted octanol–water partition coefficient (Wildman–Crippen LogP) is 9.58. The van der Waals surface area contributed by atoms with E-state index in [-0.39, 0.29) is 5.82 Å². The van der Waals surface area contributed by atoms with Crippen LogP contribution in [0.4, 0.5) is 10.1 Å². The van der Waals surface area contributed by atoms with E-state index in [1.807, 2.05) is 0 Å². The number of nitrogen functional groups attached to an aromatic ring is 1. The second-order valence-electron chi connectivity index (χ2n) is 9.65. The van der Waals surface area contributed by atoms with E-state index in [1.54, 1.807) is 19.1 Å². The highest BCUT2D eigenvalue weighted by molar-refractivity contribution is 5.45. The maximum absolute atomic E-state index is 12.5. The van der Waals surface area contributed by atoms with Crippen molar-refractivity contribution in [1.29, 1.82) is 0 Å². The molecule has 0 heterocycles. The fourth-order valence-electron chi connectivity index (χ4n) is 4.24. The molecular weight excluding hydrogens is 369 g/mol. The molecule has 2 heteroatoms. The number of rotatable bonds is 8. The predicted molar refractivity (Wildman–Crippen MR) is 134 cm³/mol. The Kier molecular flexibility index (Phi) is 17.0. The average Bonchev–Trinajstić information content (AvgIpc) is 2.75. The topological polar surface area (TPSA) is 26.0 Å². The summed E-state index contributed by atoms with van der Waals surface area (Å²) in [6.45, 7) is 15.7. The van der Waals surface area contributed by atoms with Gasteiger partial charge in [-0.3, -0.25) is 0 Å². The standard InChI is InChI=1S/C12H26.C9H18.C7H8FN/c1-5-8-12(7-3)10-9-11(4)6-2;1-3-9-6-4-5-8(2)7-9;1-5-6(8)3-2-4-7(5)9/h11-12H,5-10H2,1-4H3;8-9H,3-7H2,1-2H3;2-4H,9H2,1H3. The number of halogens is 1. The zero-order valence-corrected chi connectivity index (χ0v) is 21.3. The van der Waals surface area contributed by atoms with Gasteiger partial charge in [-0.2, -0.15) is 0 Å². The Hall–Kier alpha value is -1.05. The molecule has 1 aromatic rings. The Bertz CT molecular complexity index is 507. The van der Waals surface area contributed by atoms with E-state index in [1.165, 1.54) is 76.7 Å². The van der Waals surface area contributed by atoms with Crippen LogP contribution in [-0.2, 0) is 0 Å². The third kappa shape index (κ3) is 13.3. The number of nitrogens with two attached hydrogens (primary N) is 1. The van der Waals surface area contributed by atoms with Crippen molar-refractivity contribution in [3.8, 4) is 0 Å². The minimum absolute atomic E-state index is 0.241. The van der Waals surface area contributed by atoms with Crippen LogP contribution >= 0.6 is 0 Å². The summed E-state index contributed by atoms with van der Waals surface area (Å²) in [5, 5.41) is 0. The van der Waals surface area contributed by atoms with Crippen LogP contribution < -0.4 is 5.73 Å². The van der Waals surface area contributed by atoms with Crippen LogP contribution in [0.1, 0.15) is 118 Å². The summed E-state index contributed by atoms with van der Waals surface area (Å²) in [7, 11) is 0. The summed E-state index contributed by atoms with van der Waals surface area (Å²) in [5.41, 5.74) is 6.42. The molecule has 0 bridgehead atoms. The first-order valence-corrected chi connectivity index (χ1v) is 12.8. The molecule has 1 aromatic carbocycles. The Morgan fingerprint density at radius 2 is 1.73 bits per heavy atom. The normalized spacial score (nSPS) is 20.3. The van der Waals surface area contributed by atoms with Gasteiger partial charge in [-0.05, 0) is 49.1 Å². The van der Waals surface area contributed by atoms with Gasteiger partial charge in [0, 0.05) is 11.3 Å². The summed E-state index contributed by atoms with van der Waals surface area (Å²) in [6, 6.07) is 4.67. The Balaban J connectivity index is 0.000000426. The minimum Gasteiger partial charge on any atom is -0.398 e. The lowest BCUT2D eigenvalue weighted by Gasteiger charge is -2.25. The molecule has 4 unspecified atom stereocenters. The first-order valence-electron chi connectivity index (χ1n) is 12.8. The third-order valence-electron chi connectivity index (χ3n) is 6.97. The lowest BCUT2D eigenvalue weighted by atomic mass is 9.81. The molecule has 0 amide bonds. The van der Waals surface area contributed by atoms with E-state index in [0.717, 1.165) is 23.7 Å². The van der Waals surface area contributed by atoms with Gasteiger partial charge < -0.3 is 5.73 Å². The van der Waals surface area contributed by atoms with Crippen LogP contribution in [0.25, 0.3) is 0 Å². The van der Waals surface area contributed by atoms with Gasteiger partial charge in [0.15, 0.2) is 0 Å². The molecule has 176 valence electrons. The van der Waals surface area contributed by atoms with Gasteiger partial charge in [0.05, 0.1) is 0 Å². The van der Waals surface area contributed by atoms with E-state index < -0.39 is 0 Å². The zero-order valence-electron chi connectivity index (χ0n) is 21.3. The lowest BCUT2D eigenvalue weighted by Crippen LogP contribution is -2.11. The molecule has 30 heavy (non-hydrogen) atoms. The molecule has 1 fully saturated rings. The Morgan fingerprint density at radius 3 is 2.17 bits per heavy atom. The SMILES string of the molecule is CCC1CCCC(C)C1.CCCC(CC)CCC(C)CC.Cc1c(N)cccc1F. The van der Waals surface area contributed by atoms with E-state index in [0.29, 0.717) is 11.3 Å². The summed E-state index contributed by atoms with van der Waals surface area (Å²) in [4.78, 5) is 0. The molecule has 1 aliphatic carbocycles. The molecule has 0 aliphatic heterocycles. The molecule has 4 atom stereocenters. The Morgan fingerprint density at radius 1 is 1.03 bits per heavy atom. The van der Waals surface area contributed by atoms with Crippen LogP contribution in [0.3, 0.4) is 0 Å². The van der Waals surface area contributed by atoms with Crippen LogP contribution in [0.15, 0.2) is 18.2 Å². The molecule has 2 rings (SSSR count). The molecule has 1 nitrogen and oxygen atoms in total. The molecule has 0 aromatic heterocycles. The summed E-state index contributed by atoms with van der Waals surface area (Å²) in [6.07, 6.45) is 15.8. The molecular formula is C28H52FN. The second kappa shape index (κ2) is 17.6. The Labute approximate surface area is 188 Å². The monoisotopic (exact) mass is 421 g/mol. The van der Waals surface area contributed by atoms with E-state index >= 15 is 0 Å². The van der Waals surface area contributed by atoms with Crippen LogP contribution in [0.5, 0.6) is 0 Å². The van der Waals surface area contributed by atoms with E-state index in [2.05, 4.69) is 41.5 Å².